The van der Waals surface area contributed by atoms with Crippen molar-refractivity contribution >= 4 is 28.1 Å². The first-order valence-corrected chi connectivity index (χ1v) is 9.71. The van der Waals surface area contributed by atoms with Crippen molar-refractivity contribution in [1.82, 2.24) is 14.2 Å². The predicted molar refractivity (Wildman–Crippen MR) is 117 cm³/mol. The maximum atomic E-state index is 13.3. The van der Waals surface area contributed by atoms with E-state index in [-0.39, 0.29) is 23.8 Å². The van der Waals surface area contributed by atoms with E-state index in [0.29, 0.717) is 27.8 Å². The summed E-state index contributed by atoms with van der Waals surface area (Å²) in [6.07, 6.45) is 1.56. The molecule has 31 heavy (non-hydrogen) atoms. The normalized spacial score (nSPS) is 11.1. The number of fused-ring (bicyclic) bond motifs is 3. The molecule has 0 saturated heterocycles. The second-order valence-corrected chi connectivity index (χ2v) is 7.17. The molecule has 0 spiro atoms. The minimum Gasteiger partial charge on any atom is -0.322 e. The van der Waals surface area contributed by atoms with E-state index in [4.69, 9.17) is 0 Å². The third-order valence-electron chi connectivity index (χ3n) is 5.15. The lowest BCUT2D eigenvalue weighted by molar-refractivity contribution is 0.102. The number of nitrogens with zero attached hydrogens (tertiary/aromatic N) is 3. The Morgan fingerprint density at radius 1 is 0.903 bits per heavy atom. The standard InChI is InChI=1S/C24H17FN4O2/c25-18-9-6-16(7-10-18)15-28-22-14-17(23(30)27-19-4-2-1-3-5-19)8-11-20(22)29-21(24(28)31)12-13-26-29/h1-14H,15H2,(H,27,30). The van der Waals surface area contributed by atoms with Crippen LogP contribution in [0.2, 0.25) is 0 Å². The zero-order chi connectivity index (χ0) is 21.4. The van der Waals surface area contributed by atoms with Gasteiger partial charge in [0, 0.05) is 11.3 Å². The summed E-state index contributed by atoms with van der Waals surface area (Å²) in [5, 5.41) is 7.12. The van der Waals surface area contributed by atoms with Crippen LogP contribution in [0.4, 0.5) is 10.1 Å². The van der Waals surface area contributed by atoms with Crippen molar-refractivity contribution in [2.24, 2.45) is 0 Å². The monoisotopic (exact) mass is 412 g/mol. The zero-order valence-electron chi connectivity index (χ0n) is 16.3. The molecule has 5 rings (SSSR count). The van der Waals surface area contributed by atoms with Crippen LogP contribution in [0.1, 0.15) is 15.9 Å². The van der Waals surface area contributed by atoms with Gasteiger partial charge in [0.25, 0.3) is 11.5 Å². The zero-order valence-corrected chi connectivity index (χ0v) is 16.3. The average molecular weight is 412 g/mol. The molecule has 0 saturated carbocycles. The van der Waals surface area contributed by atoms with Gasteiger partial charge in [0.05, 0.1) is 23.8 Å². The van der Waals surface area contributed by atoms with Gasteiger partial charge in [0.15, 0.2) is 0 Å². The van der Waals surface area contributed by atoms with Crippen LogP contribution in [0.3, 0.4) is 0 Å². The molecule has 0 bridgehead atoms. The number of para-hydroxylation sites is 1. The van der Waals surface area contributed by atoms with Gasteiger partial charge in [-0.05, 0) is 54.1 Å². The van der Waals surface area contributed by atoms with E-state index in [0.717, 1.165) is 5.56 Å². The molecule has 0 fully saturated rings. The van der Waals surface area contributed by atoms with E-state index < -0.39 is 0 Å². The Bertz CT molecular complexity index is 1470. The molecular weight excluding hydrogens is 395 g/mol. The molecule has 2 heterocycles. The number of aromatic nitrogens is 3. The molecule has 1 amide bonds. The number of halogens is 1. The van der Waals surface area contributed by atoms with Gasteiger partial charge in [0.2, 0.25) is 0 Å². The van der Waals surface area contributed by atoms with Crippen molar-refractivity contribution < 1.29 is 9.18 Å². The number of hydrogen-bond acceptors (Lipinski definition) is 3. The van der Waals surface area contributed by atoms with Gasteiger partial charge in [-0.25, -0.2) is 8.91 Å². The quantitative estimate of drug-likeness (QED) is 0.484. The van der Waals surface area contributed by atoms with Crippen LogP contribution in [0.15, 0.2) is 89.9 Å². The molecule has 0 atom stereocenters. The Hall–Kier alpha value is -4.26. The van der Waals surface area contributed by atoms with E-state index in [9.17, 15) is 14.0 Å². The van der Waals surface area contributed by atoms with Gasteiger partial charge in [0.1, 0.15) is 11.3 Å². The molecule has 0 unspecified atom stereocenters. The van der Waals surface area contributed by atoms with E-state index in [2.05, 4.69) is 10.4 Å². The smallest absolute Gasteiger partial charge is 0.277 e. The minimum atomic E-state index is -0.341. The van der Waals surface area contributed by atoms with Crippen LogP contribution in [0, 0.1) is 5.82 Å². The van der Waals surface area contributed by atoms with E-state index in [1.165, 1.54) is 12.1 Å². The van der Waals surface area contributed by atoms with Crippen molar-refractivity contribution in [3.63, 3.8) is 0 Å². The topological polar surface area (TPSA) is 68.4 Å². The Morgan fingerprint density at radius 3 is 2.45 bits per heavy atom. The number of rotatable bonds is 4. The Morgan fingerprint density at radius 2 is 1.68 bits per heavy atom. The molecule has 0 radical (unpaired) electrons. The second-order valence-electron chi connectivity index (χ2n) is 7.17. The molecule has 0 aliphatic carbocycles. The highest BCUT2D eigenvalue weighted by molar-refractivity contribution is 6.06. The number of amides is 1. The molecule has 7 heteroatoms. The molecule has 2 aromatic heterocycles. The summed E-state index contributed by atoms with van der Waals surface area (Å²) in [6, 6.07) is 22.0. The lowest BCUT2D eigenvalue weighted by Gasteiger charge is -2.13. The van der Waals surface area contributed by atoms with Crippen LogP contribution in [0.25, 0.3) is 16.6 Å². The number of carbonyl (C=O) groups excluding carboxylic acids is 1. The highest BCUT2D eigenvalue weighted by Crippen LogP contribution is 2.19. The Labute approximate surface area is 176 Å². The van der Waals surface area contributed by atoms with Crippen molar-refractivity contribution in [3.05, 3.63) is 112 Å². The van der Waals surface area contributed by atoms with Crippen LogP contribution in [-0.4, -0.2) is 20.1 Å². The lowest BCUT2D eigenvalue weighted by Crippen LogP contribution is -2.24. The largest absolute Gasteiger partial charge is 0.322 e. The van der Waals surface area contributed by atoms with E-state index in [1.54, 1.807) is 63.8 Å². The number of benzene rings is 3. The average Bonchev–Trinajstić information content (AvgIpc) is 3.29. The SMILES string of the molecule is O=C(Nc1ccccc1)c1ccc2c(c1)n(Cc1ccc(F)cc1)c(=O)c1ccnn12. The van der Waals surface area contributed by atoms with Gasteiger partial charge >= 0.3 is 0 Å². The first kappa shape index (κ1) is 18.7. The fourth-order valence-electron chi connectivity index (χ4n) is 3.62. The van der Waals surface area contributed by atoms with Crippen LogP contribution < -0.4 is 10.9 Å². The number of hydrogen-bond donors (Lipinski definition) is 1. The van der Waals surface area contributed by atoms with Crippen molar-refractivity contribution in [1.29, 1.82) is 0 Å². The Balaban J connectivity index is 1.64. The van der Waals surface area contributed by atoms with E-state index >= 15 is 0 Å². The highest BCUT2D eigenvalue weighted by Gasteiger charge is 2.15. The molecule has 152 valence electrons. The predicted octanol–water partition coefficient (Wildman–Crippen LogP) is 4.09. The summed E-state index contributed by atoms with van der Waals surface area (Å²) in [6.45, 7) is 0.237. The molecule has 1 N–H and O–H groups in total. The highest BCUT2D eigenvalue weighted by atomic mass is 19.1. The second kappa shape index (κ2) is 7.53. The first-order valence-electron chi connectivity index (χ1n) is 9.71. The molecule has 0 aliphatic heterocycles. The molecule has 3 aromatic carbocycles. The van der Waals surface area contributed by atoms with Crippen molar-refractivity contribution in [2.75, 3.05) is 5.32 Å². The minimum absolute atomic E-state index is 0.237. The molecule has 5 aromatic rings. The molecular formula is C24H17FN4O2. The molecule has 0 aliphatic rings. The molecule has 6 nitrogen and oxygen atoms in total. The van der Waals surface area contributed by atoms with Crippen LogP contribution >= 0.6 is 0 Å². The fraction of sp³-hybridized carbons (Fsp3) is 0.0417. The van der Waals surface area contributed by atoms with Gasteiger partial charge in [-0.1, -0.05) is 30.3 Å². The van der Waals surface area contributed by atoms with Gasteiger partial charge in [-0.15, -0.1) is 0 Å². The van der Waals surface area contributed by atoms with Crippen molar-refractivity contribution in [3.8, 4) is 0 Å². The maximum Gasteiger partial charge on any atom is 0.277 e. The third-order valence-corrected chi connectivity index (χ3v) is 5.15. The lowest BCUT2D eigenvalue weighted by atomic mass is 10.1. The van der Waals surface area contributed by atoms with Gasteiger partial charge in [-0.2, -0.15) is 5.10 Å². The summed E-state index contributed by atoms with van der Waals surface area (Å²) < 4.78 is 16.5. The summed E-state index contributed by atoms with van der Waals surface area (Å²) in [4.78, 5) is 26.0. The summed E-state index contributed by atoms with van der Waals surface area (Å²) in [5.74, 6) is -0.624. The van der Waals surface area contributed by atoms with E-state index in [1.807, 2.05) is 18.2 Å². The number of nitrogens with one attached hydrogen (secondary N) is 1. The summed E-state index contributed by atoms with van der Waals surface area (Å²) >= 11 is 0. The van der Waals surface area contributed by atoms with Gasteiger partial charge in [-0.3, -0.25) is 9.59 Å². The number of anilines is 1. The Kier molecular flexibility index (Phi) is 4.55. The van der Waals surface area contributed by atoms with Crippen LogP contribution in [0.5, 0.6) is 0 Å². The number of carbonyl (C=O) groups is 1. The van der Waals surface area contributed by atoms with Crippen molar-refractivity contribution in [2.45, 2.75) is 6.54 Å². The van der Waals surface area contributed by atoms with Gasteiger partial charge < -0.3 is 9.88 Å². The third kappa shape index (κ3) is 3.46. The fourth-order valence-corrected chi connectivity index (χ4v) is 3.62. The summed E-state index contributed by atoms with van der Waals surface area (Å²) in [7, 11) is 0. The first-order chi connectivity index (χ1) is 15.1. The maximum absolute atomic E-state index is 13.3. The van der Waals surface area contributed by atoms with Crippen LogP contribution in [-0.2, 0) is 6.54 Å². The summed E-state index contributed by atoms with van der Waals surface area (Å²) in [5.41, 5.74) is 3.30.